The molecule has 0 aliphatic carbocycles. The van der Waals surface area contributed by atoms with Gasteiger partial charge < -0.3 is 10.3 Å². The molecule has 0 spiro atoms. The Labute approximate surface area is 117 Å². The molecule has 0 radical (unpaired) electrons. The van der Waals surface area contributed by atoms with Gasteiger partial charge >= 0.3 is 0 Å². The van der Waals surface area contributed by atoms with E-state index in [0.29, 0.717) is 24.2 Å². The highest BCUT2D eigenvalue weighted by Gasteiger charge is 2.36. The van der Waals surface area contributed by atoms with Crippen molar-refractivity contribution in [1.29, 1.82) is 0 Å². The zero-order valence-corrected chi connectivity index (χ0v) is 11.8. The summed E-state index contributed by atoms with van der Waals surface area (Å²) in [5.41, 5.74) is 7.32. The number of nitrogens with two attached hydrogens (primary N) is 1. The van der Waals surface area contributed by atoms with Crippen molar-refractivity contribution in [2.45, 2.75) is 24.5 Å². The van der Waals surface area contributed by atoms with Crippen LogP contribution in [0, 0.1) is 0 Å². The van der Waals surface area contributed by atoms with Crippen molar-refractivity contribution in [2.24, 2.45) is 0 Å². The van der Waals surface area contributed by atoms with Gasteiger partial charge in [-0.2, -0.15) is 0 Å². The van der Waals surface area contributed by atoms with Gasteiger partial charge in [-0.1, -0.05) is 41.9 Å². The van der Waals surface area contributed by atoms with E-state index in [9.17, 15) is 8.42 Å². The van der Waals surface area contributed by atoms with Gasteiger partial charge in [0, 0.05) is 0 Å². The molecule has 3 rings (SSSR count). The monoisotopic (exact) mass is 292 g/mol. The first kappa shape index (κ1) is 13.2. The highest BCUT2D eigenvalue weighted by Crippen LogP contribution is 2.41. The molecule has 0 amide bonds. The Kier molecular flexibility index (Phi) is 3.25. The van der Waals surface area contributed by atoms with Gasteiger partial charge in [0.15, 0.2) is 21.4 Å². The van der Waals surface area contributed by atoms with Gasteiger partial charge in [0.2, 0.25) is 0 Å². The van der Waals surface area contributed by atoms with E-state index in [2.05, 4.69) is 5.16 Å². The summed E-state index contributed by atoms with van der Waals surface area (Å²) in [7, 11) is -3.18. The predicted octanol–water partition coefficient (Wildman–Crippen LogP) is 2.56. The van der Waals surface area contributed by atoms with Crippen LogP contribution in [0.3, 0.4) is 0 Å². The number of sulfone groups is 1. The SMILES string of the molecule is Nc1noc(C2CCCCS2(=O)=O)c1-c1ccccc1. The number of anilines is 1. The number of nitrogens with zero attached hydrogens (tertiary/aromatic N) is 1. The van der Waals surface area contributed by atoms with Crippen molar-refractivity contribution in [2.75, 3.05) is 11.5 Å². The Hall–Kier alpha value is -1.82. The molecule has 1 saturated heterocycles. The van der Waals surface area contributed by atoms with E-state index in [1.807, 2.05) is 30.3 Å². The zero-order chi connectivity index (χ0) is 14.2. The van der Waals surface area contributed by atoms with Crippen LogP contribution in [-0.4, -0.2) is 19.3 Å². The highest BCUT2D eigenvalue weighted by atomic mass is 32.2. The molecule has 20 heavy (non-hydrogen) atoms. The standard InChI is InChI=1S/C14H16N2O3S/c15-14-12(10-6-2-1-3-7-10)13(19-16-14)11-8-4-5-9-20(11,17)18/h1-3,6-7,11H,4-5,8-9H2,(H2,15,16). The van der Waals surface area contributed by atoms with Crippen LogP contribution in [0.4, 0.5) is 5.82 Å². The summed E-state index contributed by atoms with van der Waals surface area (Å²) in [4.78, 5) is 0. The molecular formula is C14H16N2O3S. The van der Waals surface area contributed by atoms with Crippen LogP contribution < -0.4 is 5.73 Å². The second-order valence-electron chi connectivity index (χ2n) is 5.02. The van der Waals surface area contributed by atoms with Crippen molar-refractivity contribution in [1.82, 2.24) is 5.16 Å². The molecule has 1 atom stereocenters. The molecular weight excluding hydrogens is 276 g/mol. The van der Waals surface area contributed by atoms with E-state index in [1.165, 1.54) is 0 Å². The first-order chi connectivity index (χ1) is 9.59. The lowest BCUT2D eigenvalue weighted by Gasteiger charge is -2.20. The Morgan fingerprint density at radius 2 is 1.95 bits per heavy atom. The lowest BCUT2D eigenvalue weighted by Crippen LogP contribution is -2.21. The fourth-order valence-corrected chi connectivity index (χ4v) is 4.58. The maximum absolute atomic E-state index is 12.2. The molecule has 2 N–H and O–H groups in total. The van der Waals surface area contributed by atoms with E-state index >= 15 is 0 Å². The summed E-state index contributed by atoms with van der Waals surface area (Å²) < 4.78 is 29.8. The minimum absolute atomic E-state index is 0.201. The Morgan fingerprint density at radius 3 is 2.65 bits per heavy atom. The molecule has 5 nitrogen and oxygen atoms in total. The number of aromatic nitrogens is 1. The fraction of sp³-hybridized carbons (Fsp3) is 0.357. The van der Waals surface area contributed by atoms with Crippen LogP contribution in [0.25, 0.3) is 11.1 Å². The van der Waals surface area contributed by atoms with Gasteiger partial charge in [-0.3, -0.25) is 0 Å². The van der Waals surface area contributed by atoms with E-state index in [1.54, 1.807) is 0 Å². The molecule has 6 heteroatoms. The number of hydrogen-bond donors (Lipinski definition) is 1. The van der Waals surface area contributed by atoms with Gasteiger partial charge in [-0.25, -0.2) is 8.42 Å². The van der Waals surface area contributed by atoms with E-state index < -0.39 is 15.1 Å². The molecule has 1 aliphatic heterocycles. The molecule has 106 valence electrons. The summed E-state index contributed by atoms with van der Waals surface area (Å²) in [6.45, 7) is 0. The van der Waals surface area contributed by atoms with Crippen molar-refractivity contribution in [3.63, 3.8) is 0 Å². The lowest BCUT2D eigenvalue weighted by molar-refractivity contribution is 0.372. The number of rotatable bonds is 2. The van der Waals surface area contributed by atoms with Crippen molar-refractivity contribution in [3.8, 4) is 11.1 Å². The van der Waals surface area contributed by atoms with Crippen LogP contribution in [0.1, 0.15) is 30.3 Å². The Balaban J connectivity index is 2.12. The van der Waals surface area contributed by atoms with E-state index in [4.69, 9.17) is 10.3 Å². The zero-order valence-electron chi connectivity index (χ0n) is 11.0. The number of nitrogen functional groups attached to an aromatic ring is 1. The molecule has 1 aromatic heterocycles. The van der Waals surface area contributed by atoms with Crippen LogP contribution in [0.15, 0.2) is 34.9 Å². The highest BCUT2D eigenvalue weighted by molar-refractivity contribution is 7.91. The van der Waals surface area contributed by atoms with Crippen molar-refractivity contribution >= 4 is 15.7 Å². The second-order valence-corrected chi connectivity index (χ2v) is 7.33. The van der Waals surface area contributed by atoms with E-state index in [-0.39, 0.29) is 11.6 Å². The van der Waals surface area contributed by atoms with Crippen LogP contribution >= 0.6 is 0 Å². The minimum atomic E-state index is -3.18. The number of benzene rings is 1. The van der Waals surface area contributed by atoms with E-state index in [0.717, 1.165) is 12.0 Å². The van der Waals surface area contributed by atoms with Gasteiger partial charge in [-0.05, 0) is 18.4 Å². The third-order valence-electron chi connectivity index (χ3n) is 3.68. The quantitative estimate of drug-likeness (QED) is 0.919. The summed E-state index contributed by atoms with van der Waals surface area (Å²) in [5, 5.41) is 3.14. The Morgan fingerprint density at radius 1 is 1.20 bits per heavy atom. The van der Waals surface area contributed by atoms with Gasteiger partial charge in [0.1, 0.15) is 5.25 Å². The summed E-state index contributed by atoms with van der Waals surface area (Å²) in [6, 6.07) is 9.40. The van der Waals surface area contributed by atoms with Crippen LogP contribution in [-0.2, 0) is 9.84 Å². The molecule has 1 fully saturated rings. The Bertz CT molecular complexity index is 707. The summed E-state index contributed by atoms with van der Waals surface area (Å²) in [5.74, 6) is 0.826. The fourth-order valence-electron chi connectivity index (χ4n) is 2.68. The molecule has 2 aromatic rings. The van der Waals surface area contributed by atoms with Crippen molar-refractivity contribution < 1.29 is 12.9 Å². The van der Waals surface area contributed by atoms with Gasteiger partial charge in [-0.15, -0.1) is 0 Å². The third-order valence-corrected chi connectivity index (χ3v) is 5.85. The minimum Gasteiger partial charge on any atom is -0.380 e. The van der Waals surface area contributed by atoms with Gasteiger partial charge in [0.25, 0.3) is 0 Å². The first-order valence-electron chi connectivity index (χ1n) is 6.61. The van der Waals surface area contributed by atoms with Crippen LogP contribution in [0.2, 0.25) is 0 Å². The summed E-state index contributed by atoms with van der Waals surface area (Å²) in [6.07, 6.45) is 2.15. The average molecular weight is 292 g/mol. The molecule has 1 unspecified atom stereocenters. The topological polar surface area (TPSA) is 86.2 Å². The third kappa shape index (κ3) is 2.20. The molecule has 0 saturated carbocycles. The maximum Gasteiger partial charge on any atom is 0.175 e. The molecule has 1 aromatic carbocycles. The van der Waals surface area contributed by atoms with Crippen LogP contribution in [0.5, 0.6) is 0 Å². The maximum atomic E-state index is 12.2. The molecule has 0 bridgehead atoms. The first-order valence-corrected chi connectivity index (χ1v) is 8.33. The van der Waals surface area contributed by atoms with Gasteiger partial charge in [0.05, 0.1) is 11.3 Å². The molecule has 1 aliphatic rings. The number of hydrogen-bond acceptors (Lipinski definition) is 5. The smallest absolute Gasteiger partial charge is 0.175 e. The second kappa shape index (κ2) is 4.94. The largest absolute Gasteiger partial charge is 0.380 e. The molecule has 2 heterocycles. The summed E-state index contributed by atoms with van der Waals surface area (Å²) >= 11 is 0. The average Bonchev–Trinajstić information content (AvgIpc) is 2.81. The normalized spacial score (nSPS) is 21.7. The lowest BCUT2D eigenvalue weighted by atomic mass is 10.0. The predicted molar refractivity (Wildman–Crippen MR) is 76.7 cm³/mol. The van der Waals surface area contributed by atoms with Crippen molar-refractivity contribution in [3.05, 3.63) is 36.1 Å².